The van der Waals surface area contributed by atoms with Crippen LogP contribution in [0.25, 0.3) is 11.1 Å². The Morgan fingerprint density at radius 1 is 1.10 bits per heavy atom. The zero-order valence-corrected chi connectivity index (χ0v) is 11.5. The molecule has 0 saturated carbocycles. The highest BCUT2D eigenvalue weighted by molar-refractivity contribution is 6.28. The van der Waals surface area contributed by atoms with Gasteiger partial charge in [0.1, 0.15) is 5.82 Å². The van der Waals surface area contributed by atoms with Crippen LogP contribution in [0.2, 0.25) is 5.28 Å². The van der Waals surface area contributed by atoms with Crippen molar-refractivity contribution in [3.8, 4) is 11.1 Å². The van der Waals surface area contributed by atoms with E-state index in [0.717, 1.165) is 16.8 Å². The Morgan fingerprint density at radius 3 is 2.55 bits per heavy atom. The van der Waals surface area contributed by atoms with E-state index < -0.39 is 0 Å². The maximum Gasteiger partial charge on any atom is 0.224 e. The molecule has 2 heterocycles. The number of hydrogen-bond acceptors (Lipinski definition) is 4. The van der Waals surface area contributed by atoms with Crippen LogP contribution in [0.5, 0.6) is 0 Å². The summed E-state index contributed by atoms with van der Waals surface area (Å²) in [6.07, 6.45) is 5.43. The van der Waals surface area contributed by atoms with Gasteiger partial charge in [0.05, 0.1) is 6.20 Å². The van der Waals surface area contributed by atoms with Crippen molar-refractivity contribution in [1.29, 1.82) is 0 Å². The summed E-state index contributed by atoms with van der Waals surface area (Å²) in [5.41, 5.74) is 3.14. The minimum atomic E-state index is 0.224. The van der Waals surface area contributed by atoms with Crippen LogP contribution in [0.4, 0.5) is 11.5 Å². The largest absolute Gasteiger partial charge is 0.340 e. The molecule has 1 aromatic carbocycles. The highest BCUT2D eigenvalue weighted by atomic mass is 35.5. The summed E-state index contributed by atoms with van der Waals surface area (Å²) in [6.45, 7) is 0. The van der Waals surface area contributed by atoms with Crippen LogP contribution in [0.15, 0.2) is 48.9 Å². The van der Waals surface area contributed by atoms with Crippen LogP contribution in [0, 0.1) is 0 Å². The van der Waals surface area contributed by atoms with Gasteiger partial charge in [-0.2, -0.15) is 5.10 Å². The van der Waals surface area contributed by atoms with E-state index in [2.05, 4.69) is 20.4 Å². The number of benzene rings is 1. The van der Waals surface area contributed by atoms with Gasteiger partial charge in [0.15, 0.2) is 0 Å². The SMILES string of the molecule is Cn1cc(-c2ccc(Nc3ccnc(Cl)n3)cc2)cn1. The molecule has 100 valence electrons. The van der Waals surface area contributed by atoms with Crippen molar-refractivity contribution in [2.75, 3.05) is 5.32 Å². The topological polar surface area (TPSA) is 55.6 Å². The van der Waals surface area contributed by atoms with E-state index in [1.54, 1.807) is 16.9 Å². The summed E-state index contributed by atoms with van der Waals surface area (Å²) in [4.78, 5) is 7.92. The summed E-state index contributed by atoms with van der Waals surface area (Å²) >= 11 is 5.75. The van der Waals surface area contributed by atoms with Crippen LogP contribution in [-0.2, 0) is 7.05 Å². The van der Waals surface area contributed by atoms with Gasteiger partial charge in [-0.05, 0) is 35.4 Å². The summed E-state index contributed by atoms with van der Waals surface area (Å²) in [7, 11) is 1.90. The van der Waals surface area contributed by atoms with E-state index in [9.17, 15) is 0 Å². The highest BCUT2D eigenvalue weighted by Crippen LogP contribution is 2.22. The molecule has 0 aliphatic rings. The van der Waals surface area contributed by atoms with Crippen molar-refractivity contribution in [3.63, 3.8) is 0 Å². The number of aromatic nitrogens is 4. The lowest BCUT2D eigenvalue weighted by molar-refractivity contribution is 0.768. The molecule has 0 unspecified atom stereocenters. The Bertz CT molecular complexity index is 720. The van der Waals surface area contributed by atoms with E-state index in [-0.39, 0.29) is 5.28 Å². The zero-order valence-electron chi connectivity index (χ0n) is 10.8. The zero-order chi connectivity index (χ0) is 13.9. The summed E-state index contributed by atoms with van der Waals surface area (Å²) in [6, 6.07) is 9.79. The van der Waals surface area contributed by atoms with E-state index in [1.165, 1.54) is 0 Å². The van der Waals surface area contributed by atoms with Crippen molar-refractivity contribution < 1.29 is 0 Å². The molecule has 5 nitrogen and oxygen atoms in total. The maximum absolute atomic E-state index is 5.75. The second-order valence-electron chi connectivity index (χ2n) is 4.32. The van der Waals surface area contributed by atoms with Gasteiger partial charge in [-0.3, -0.25) is 4.68 Å². The first-order valence-electron chi connectivity index (χ1n) is 6.05. The van der Waals surface area contributed by atoms with Crippen molar-refractivity contribution in [3.05, 3.63) is 54.2 Å². The summed E-state index contributed by atoms with van der Waals surface area (Å²) < 4.78 is 1.78. The monoisotopic (exact) mass is 285 g/mol. The molecule has 0 fully saturated rings. The molecular formula is C14H12ClN5. The second-order valence-corrected chi connectivity index (χ2v) is 4.65. The van der Waals surface area contributed by atoms with Gasteiger partial charge in [-0.25, -0.2) is 9.97 Å². The molecule has 3 aromatic rings. The minimum Gasteiger partial charge on any atom is -0.340 e. The average molecular weight is 286 g/mol. The molecule has 0 saturated heterocycles. The van der Waals surface area contributed by atoms with Crippen LogP contribution in [0.1, 0.15) is 0 Å². The molecule has 2 aromatic heterocycles. The van der Waals surface area contributed by atoms with Crippen molar-refractivity contribution in [2.45, 2.75) is 0 Å². The maximum atomic E-state index is 5.75. The molecule has 20 heavy (non-hydrogen) atoms. The van der Waals surface area contributed by atoms with Crippen molar-refractivity contribution in [2.24, 2.45) is 7.05 Å². The molecule has 0 radical (unpaired) electrons. The first-order valence-corrected chi connectivity index (χ1v) is 6.43. The number of aryl methyl sites for hydroxylation is 1. The molecule has 0 aliphatic heterocycles. The average Bonchev–Trinajstić information content (AvgIpc) is 2.86. The predicted molar refractivity (Wildman–Crippen MR) is 79.0 cm³/mol. The van der Waals surface area contributed by atoms with E-state index >= 15 is 0 Å². The summed E-state index contributed by atoms with van der Waals surface area (Å²) in [5.74, 6) is 0.666. The smallest absolute Gasteiger partial charge is 0.224 e. The number of nitrogens with one attached hydrogen (secondary N) is 1. The molecule has 0 aliphatic carbocycles. The fourth-order valence-electron chi connectivity index (χ4n) is 1.87. The number of hydrogen-bond donors (Lipinski definition) is 1. The lowest BCUT2D eigenvalue weighted by Gasteiger charge is -2.06. The van der Waals surface area contributed by atoms with E-state index in [0.29, 0.717) is 5.82 Å². The fourth-order valence-corrected chi connectivity index (χ4v) is 2.02. The van der Waals surface area contributed by atoms with Crippen molar-refractivity contribution in [1.82, 2.24) is 19.7 Å². The molecule has 0 atom stereocenters. The van der Waals surface area contributed by atoms with Gasteiger partial charge in [-0.1, -0.05) is 12.1 Å². The van der Waals surface area contributed by atoms with E-state index in [1.807, 2.05) is 43.7 Å². The predicted octanol–water partition coefficient (Wildman–Crippen LogP) is 3.27. The highest BCUT2D eigenvalue weighted by Gasteiger charge is 2.01. The fraction of sp³-hybridized carbons (Fsp3) is 0.0714. The number of halogens is 1. The van der Waals surface area contributed by atoms with Gasteiger partial charge in [-0.15, -0.1) is 0 Å². The molecule has 1 N–H and O–H groups in total. The van der Waals surface area contributed by atoms with Crippen LogP contribution < -0.4 is 5.32 Å². The van der Waals surface area contributed by atoms with E-state index in [4.69, 9.17) is 11.6 Å². The number of nitrogens with zero attached hydrogens (tertiary/aromatic N) is 4. The Kier molecular flexibility index (Phi) is 3.35. The third kappa shape index (κ3) is 2.78. The lowest BCUT2D eigenvalue weighted by atomic mass is 10.1. The Labute approximate surface area is 121 Å². The first-order chi connectivity index (χ1) is 9.70. The quantitative estimate of drug-likeness (QED) is 0.750. The van der Waals surface area contributed by atoms with Crippen LogP contribution >= 0.6 is 11.6 Å². The van der Waals surface area contributed by atoms with Crippen LogP contribution in [0.3, 0.4) is 0 Å². The lowest BCUT2D eigenvalue weighted by Crippen LogP contribution is -1.94. The standard InChI is InChI=1S/C14H12ClN5/c1-20-9-11(8-17-20)10-2-4-12(5-3-10)18-13-6-7-16-14(15)19-13/h2-9H,1H3,(H,16,18,19). The second kappa shape index (κ2) is 5.30. The molecule has 0 amide bonds. The van der Waals surface area contributed by atoms with Gasteiger partial charge in [0.25, 0.3) is 0 Å². The molecule has 3 rings (SSSR count). The summed E-state index contributed by atoms with van der Waals surface area (Å²) in [5, 5.41) is 7.56. The van der Waals surface area contributed by atoms with Gasteiger partial charge in [0, 0.05) is 30.7 Å². The third-order valence-electron chi connectivity index (χ3n) is 2.82. The molecule has 0 bridgehead atoms. The molecule has 0 spiro atoms. The number of anilines is 2. The first kappa shape index (κ1) is 12.6. The Morgan fingerprint density at radius 2 is 1.90 bits per heavy atom. The van der Waals surface area contributed by atoms with Gasteiger partial charge >= 0.3 is 0 Å². The van der Waals surface area contributed by atoms with Crippen molar-refractivity contribution >= 4 is 23.1 Å². The third-order valence-corrected chi connectivity index (χ3v) is 3.00. The Balaban J connectivity index is 1.79. The van der Waals surface area contributed by atoms with Gasteiger partial charge in [0.2, 0.25) is 5.28 Å². The normalized spacial score (nSPS) is 10.5. The number of rotatable bonds is 3. The van der Waals surface area contributed by atoms with Crippen LogP contribution in [-0.4, -0.2) is 19.7 Å². The van der Waals surface area contributed by atoms with Gasteiger partial charge < -0.3 is 5.32 Å². The molecule has 6 heteroatoms. The molecular weight excluding hydrogens is 274 g/mol. The minimum absolute atomic E-state index is 0.224. The Hall–Kier alpha value is -2.40.